The summed E-state index contributed by atoms with van der Waals surface area (Å²) in [6, 6.07) is 6.67. The third kappa shape index (κ3) is 2.31. The molecule has 1 aliphatic heterocycles. The Balaban J connectivity index is 2.00. The van der Waals surface area contributed by atoms with Crippen LogP contribution in [0.1, 0.15) is 15.9 Å². The molecule has 0 bridgehead atoms. The molecule has 4 N–H and O–H groups in total. The van der Waals surface area contributed by atoms with Gasteiger partial charge in [0.05, 0.1) is 5.56 Å². The van der Waals surface area contributed by atoms with E-state index in [2.05, 4.69) is 0 Å². The molecule has 6 nitrogen and oxygen atoms in total. The fourth-order valence-electron chi connectivity index (χ4n) is 2.23. The molecule has 2 aromatic carbocycles. The van der Waals surface area contributed by atoms with Crippen LogP contribution in [0.25, 0.3) is 6.08 Å². The molecule has 0 saturated heterocycles. The van der Waals surface area contributed by atoms with Crippen molar-refractivity contribution in [1.82, 2.24) is 0 Å². The lowest BCUT2D eigenvalue weighted by molar-refractivity contribution is 0.100. The zero-order valence-electron chi connectivity index (χ0n) is 11.3. The minimum absolute atomic E-state index is 0.00229. The van der Waals surface area contributed by atoms with E-state index in [-0.39, 0.29) is 18.1 Å². The van der Waals surface area contributed by atoms with Crippen LogP contribution in [0.4, 0.5) is 0 Å². The summed E-state index contributed by atoms with van der Waals surface area (Å²) in [4.78, 5) is 12.4. The van der Waals surface area contributed by atoms with Gasteiger partial charge in [0.25, 0.3) is 0 Å². The number of ketones is 1. The molecule has 0 radical (unpaired) electrons. The van der Waals surface area contributed by atoms with Crippen molar-refractivity contribution in [2.45, 2.75) is 0 Å². The van der Waals surface area contributed by atoms with Gasteiger partial charge >= 0.3 is 0 Å². The van der Waals surface area contributed by atoms with Crippen molar-refractivity contribution in [1.29, 1.82) is 0 Å². The van der Waals surface area contributed by atoms with E-state index in [9.17, 15) is 25.2 Å². The summed E-state index contributed by atoms with van der Waals surface area (Å²) in [5.74, 6) is -1.55. The number of benzene rings is 2. The molecule has 0 unspecified atom stereocenters. The van der Waals surface area contributed by atoms with Gasteiger partial charge in [-0.3, -0.25) is 4.79 Å². The third-order valence-corrected chi connectivity index (χ3v) is 3.32. The van der Waals surface area contributed by atoms with E-state index in [1.165, 1.54) is 36.4 Å². The average molecular weight is 300 g/mol. The topological polar surface area (TPSA) is 107 Å². The Morgan fingerprint density at radius 2 is 1.68 bits per heavy atom. The Hall–Kier alpha value is -3.15. The van der Waals surface area contributed by atoms with Crippen molar-refractivity contribution < 1.29 is 30.0 Å². The van der Waals surface area contributed by atoms with E-state index in [0.29, 0.717) is 22.4 Å². The number of fused-ring (bicyclic) bond motifs is 1. The lowest BCUT2D eigenvalue weighted by Crippen LogP contribution is -2.18. The Bertz CT molecular complexity index is 783. The number of carbonyl (C=O) groups excluding carboxylic acids is 1. The van der Waals surface area contributed by atoms with Crippen molar-refractivity contribution in [3.8, 4) is 28.7 Å². The smallest absolute Gasteiger partial charge is 0.200 e. The minimum Gasteiger partial charge on any atom is -0.508 e. The Morgan fingerprint density at radius 1 is 1.00 bits per heavy atom. The molecule has 0 fully saturated rings. The van der Waals surface area contributed by atoms with E-state index in [4.69, 9.17) is 4.74 Å². The highest BCUT2D eigenvalue weighted by molar-refractivity contribution is 6.14. The van der Waals surface area contributed by atoms with Crippen molar-refractivity contribution in [2.24, 2.45) is 0 Å². The monoisotopic (exact) mass is 300 g/mol. The summed E-state index contributed by atoms with van der Waals surface area (Å²) in [6.45, 7) is -0.00229. The van der Waals surface area contributed by atoms with Crippen molar-refractivity contribution in [2.75, 3.05) is 6.61 Å². The van der Waals surface area contributed by atoms with E-state index in [0.717, 1.165) is 0 Å². The number of carbonyl (C=O) groups is 1. The van der Waals surface area contributed by atoms with Gasteiger partial charge in [0, 0.05) is 11.6 Å². The minimum atomic E-state index is -0.616. The molecule has 1 heterocycles. The lowest BCUT2D eigenvalue weighted by atomic mass is 9.98. The Labute approximate surface area is 125 Å². The molecule has 0 spiro atoms. The number of aromatic hydroxyl groups is 4. The molecule has 0 aliphatic carbocycles. The van der Waals surface area contributed by atoms with Crippen LogP contribution >= 0.6 is 0 Å². The van der Waals surface area contributed by atoms with Gasteiger partial charge in [-0.15, -0.1) is 0 Å². The Morgan fingerprint density at radius 3 is 2.36 bits per heavy atom. The maximum Gasteiger partial charge on any atom is 0.200 e. The van der Waals surface area contributed by atoms with E-state index < -0.39 is 17.2 Å². The second-order valence-corrected chi connectivity index (χ2v) is 4.88. The first-order valence-electron chi connectivity index (χ1n) is 6.41. The number of rotatable bonds is 1. The van der Waals surface area contributed by atoms with E-state index >= 15 is 0 Å². The highest BCUT2D eigenvalue weighted by atomic mass is 16.5. The number of Topliss-reactive ketones (excluding diaryl/α,β-unsaturated/α-hetero) is 1. The standard InChI is InChI=1S/C16H12O6/c17-10-1-2-11-14(6-10)22-7-9(15(11)20)3-8-4-12(18)16(21)13(19)5-8/h1-6,17-19,21H,7H2/b9-3+. The Kier molecular flexibility index (Phi) is 3.14. The maximum atomic E-state index is 12.4. The van der Waals surface area contributed by atoms with Crippen LogP contribution < -0.4 is 4.74 Å². The van der Waals surface area contributed by atoms with Gasteiger partial charge in [-0.25, -0.2) is 0 Å². The quantitative estimate of drug-likeness (QED) is 0.475. The lowest BCUT2D eigenvalue weighted by Gasteiger charge is -2.19. The van der Waals surface area contributed by atoms with Crippen LogP contribution in [0.3, 0.4) is 0 Å². The summed E-state index contributed by atoms with van der Waals surface area (Å²) < 4.78 is 5.42. The zero-order valence-corrected chi connectivity index (χ0v) is 11.3. The van der Waals surface area contributed by atoms with Gasteiger partial charge in [0.2, 0.25) is 0 Å². The first kappa shape index (κ1) is 13.8. The molecular weight excluding hydrogens is 288 g/mol. The largest absolute Gasteiger partial charge is 0.508 e. The number of phenolic OH excluding ortho intramolecular Hbond substituents is 4. The van der Waals surface area contributed by atoms with Crippen LogP contribution in [0.2, 0.25) is 0 Å². The van der Waals surface area contributed by atoms with Crippen LogP contribution in [0.5, 0.6) is 28.7 Å². The van der Waals surface area contributed by atoms with Gasteiger partial charge in [-0.2, -0.15) is 0 Å². The predicted octanol–water partition coefficient (Wildman–Crippen LogP) is 2.17. The second-order valence-electron chi connectivity index (χ2n) is 4.88. The fourth-order valence-corrected chi connectivity index (χ4v) is 2.23. The predicted molar refractivity (Wildman–Crippen MR) is 77.3 cm³/mol. The highest BCUT2D eigenvalue weighted by Crippen LogP contribution is 2.37. The summed E-state index contributed by atoms with van der Waals surface area (Å²) in [5.41, 5.74) is 0.993. The summed E-state index contributed by atoms with van der Waals surface area (Å²) >= 11 is 0. The molecule has 1 aliphatic rings. The molecule has 0 amide bonds. The average Bonchev–Trinajstić information content (AvgIpc) is 2.47. The maximum absolute atomic E-state index is 12.4. The van der Waals surface area contributed by atoms with Crippen LogP contribution in [-0.4, -0.2) is 32.8 Å². The zero-order chi connectivity index (χ0) is 15.9. The molecule has 2 aromatic rings. The van der Waals surface area contributed by atoms with Gasteiger partial charge in [-0.1, -0.05) is 0 Å². The first-order valence-corrected chi connectivity index (χ1v) is 6.41. The molecule has 22 heavy (non-hydrogen) atoms. The highest BCUT2D eigenvalue weighted by Gasteiger charge is 2.23. The molecule has 6 heteroatoms. The van der Waals surface area contributed by atoms with Crippen molar-refractivity contribution in [3.05, 3.63) is 47.0 Å². The SMILES string of the molecule is O=C1/C(=C/c2cc(O)c(O)c(O)c2)COc2cc(O)ccc21. The molecule has 0 saturated carbocycles. The van der Waals surface area contributed by atoms with Crippen LogP contribution in [-0.2, 0) is 0 Å². The number of hydrogen-bond acceptors (Lipinski definition) is 6. The molecule has 0 aromatic heterocycles. The number of hydrogen-bond donors (Lipinski definition) is 4. The van der Waals surface area contributed by atoms with Gasteiger partial charge in [0.1, 0.15) is 18.1 Å². The third-order valence-electron chi connectivity index (χ3n) is 3.32. The normalized spacial score (nSPS) is 15.5. The molecule has 112 valence electrons. The molecule has 0 atom stereocenters. The van der Waals surface area contributed by atoms with Crippen LogP contribution in [0, 0.1) is 0 Å². The fraction of sp³-hybridized carbons (Fsp3) is 0.0625. The molecular formula is C16H12O6. The second kappa shape index (κ2) is 5.00. The van der Waals surface area contributed by atoms with E-state index in [1.807, 2.05) is 0 Å². The number of phenols is 4. The van der Waals surface area contributed by atoms with E-state index in [1.54, 1.807) is 0 Å². The van der Waals surface area contributed by atoms with Crippen molar-refractivity contribution in [3.63, 3.8) is 0 Å². The van der Waals surface area contributed by atoms with Crippen molar-refractivity contribution >= 4 is 11.9 Å². The first-order chi connectivity index (χ1) is 10.5. The van der Waals surface area contributed by atoms with Gasteiger partial charge in [-0.05, 0) is 35.9 Å². The summed E-state index contributed by atoms with van der Waals surface area (Å²) in [6.07, 6.45) is 1.46. The number of ether oxygens (including phenoxy) is 1. The summed E-state index contributed by atoms with van der Waals surface area (Å²) in [7, 11) is 0. The molecule has 3 rings (SSSR count). The van der Waals surface area contributed by atoms with Gasteiger partial charge in [0.15, 0.2) is 23.0 Å². The summed E-state index contributed by atoms with van der Waals surface area (Å²) in [5, 5.41) is 37.6. The van der Waals surface area contributed by atoms with Gasteiger partial charge < -0.3 is 25.2 Å². The van der Waals surface area contributed by atoms with Crippen LogP contribution in [0.15, 0.2) is 35.9 Å².